The summed E-state index contributed by atoms with van der Waals surface area (Å²) < 4.78 is 20.7. The van der Waals surface area contributed by atoms with Gasteiger partial charge in [-0.15, -0.1) is 0 Å². The second-order valence-corrected chi connectivity index (χ2v) is 4.30. The van der Waals surface area contributed by atoms with Crippen molar-refractivity contribution in [3.05, 3.63) is 0 Å². The van der Waals surface area contributed by atoms with E-state index in [2.05, 4.69) is 5.14 Å². The van der Waals surface area contributed by atoms with Crippen molar-refractivity contribution < 1.29 is 13.5 Å². The second kappa shape index (κ2) is 3.32. The lowest BCUT2D eigenvalue weighted by Gasteiger charge is -2.11. The molecule has 0 radical (unpaired) electrons. The number of rotatable bonds is 3. The van der Waals surface area contributed by atoms with Gasteiger partial charge in [0, 0.05) is 0 Å². The van der Waals surface area contributed by atoms with Gasteiger partial charge in [0.15, 0.2) is 0 Å². The quantitative estimate of drug-likeness (QED) is 0.582. The summed E-state index contributed by atoms with van der Waals surface area (Å²) in [5.41, 5.74) is 0. The molecule has 0 aliphatic heterocycles. The molecule has 10 heavy (non-hydrogen) atoms. The van der Waals surface area contributed by atoms with Crippen molar-refractivity contribution in [2.75, 3.05) is 5.75 Å². The number of hydrogen-bond donors (Lipinski definition) is 2. The molecule has 0 saturated carbocycles. The predicted molar refractivity (Wildman–Crippen MR) is 38.8 cm³/mol. The van der Waals surface area contributed by atoms with Gasteiger partial charge in [0.2, 0.25) is 10.0 Å². The SMILES string of the molecule is CC(C)C(O)CS(N)(=O)=O. The van der Waals surface area contributed by atoms with E-state index in [0.717, 1.165) is 0 Å². The van der Waals surface area contributed by atoms with Gasteiger partial charge >= 0.3 is 0 Å². The van der Waals surface area contributed by atoms with Crippen LogP contribution in [0.5, 0.6) is 0 Å². The Bertz CT molecular complexity index is 185. The molecule has 0 aliphatic rings. The Morgan fingerprint density at radius 1 is 1.50 bits per heavy atom. The van der Waals surface area contributed by atoms with Crippen LogP contribution < -0.4 is 5.14 Å². The van der Waals surface area contributed by atoms with Crippen molar-refractivity contribution in [1.82, 2.24) is 0 Å². The first-order valence-electron chi connectivity index (χ1n) is 3.01. The summed E-state index contributed by atoms with van der Waals surface area (Å²) in [6.45, 7) is 3.46. The van der Waals surface area contributed by atoms with Crippen LogP contribution in [0.2, 0.25) is 0 Å². The lowest BCUT2D eigenvalue weighted by atomic mass is 10.1. The Kier molecular flexibility index (Phi) is 3.27. The summed E-state index contributed by atoms with van der Waals surface area (Å²) in [6.07, 6.45) is -0.852. The second-order valence-electron chi connectivity index (χ2n) is 2.64. The Labute approximate surface area is 61.1 Å². The van der Waals surface area contributed by atoms with Crippen molar-refractivity contribution in [2.45, 2.75) is 20.0 Å². The Hall–Kier alpha value is -0.130. The summed E-state index contributed by atoms with van der Waals surface area (Å²) in [5.74, 6) is -0.427. The largest absolute Gasteiger partial charge is 0.392 e. The van der Waals surface area contributed by atoms with Crippen molar-refractivity contribution in [2.24, 2.45) is 11.1 Å². The predicted octanol–water partition coefficient (Wildman–Crippen LogP) is -0.708. The summed E-state index contributed by atoms with van der Waals surface area (Å²) >= 11 is 0. The number of aliphatic hydroxyl groups excluding tert-OH is 1. The Morgan fingerprint density at radius 2 is 1.90 bits per heavy atom. The first-order chi connectivity index (χ1) is 4.33. The molecule has 5 heteroatoms. The summed E-state index contributed by atoms with van der Waals surface area (Å²) in [4.78, 5) is 0. The molecule has 0 aliphatic carbocycles. The third-order valence-electron chi connectivity index (χ3n) is 1.17. The van der Waals surface area contributed by atoms with E-state index in [-0.39, 0.29) is 11.7 Å². The minimum Gasteiger partial charge on any atom is -0.392 e. The minimum absolute atomic E-state index is 0.0710. The van der Waals surface area contributed by atoms with Crippen molar-refractivity contribution in [3.8, 4) is 0 Å². The van der Waals surface area contributed by atoms with Crippen LogP contribution in [0, 0.1) is 5.92 Å². The van der Waals surface area contributed by atoms with Crippen LogP contribution in [0.4, 0.5) is 0 Å². The summed E-state index contributed by atoms with van der Waals surface area (Å²) in [7, 11) is -3.52. The number of hydrogen-bond acceptors (Lipinski definition) is 3. The first-order valence-corrected chi connectivity index (χ1v) is 4.73. The molecule has 0 amide bonds. The van der Waals surface area contributed by atoms with Crippen molar-refractivity contribution in [1.29, 1.82) is 0 Å². The van der Waals surface area contributed by atoms with Crippen LogP contribution in [0.1, 0.15) is 13.8 Å². The van der Waals surface area contributed by atoms with Gasteiger partial charge in [0.25, 0.3) is 0 Å². The first kappa shape index (κ1) is 9.87. The fraction of sp³-hybridized carbons (Fsp3) is 1.00. The normalized spacial score (nSPS) is 15.7. The highest BCUT2D eigenvalue weighted by Gasteiger charge is 2.15. The van der Waals surface area contributed by atoms with Crippen LogP contribution in [0.25, 0.3) is 0 Å². The summed E-state index contributed by atoms with van der Waals surface area (Å²) in [5, 5.41) is 13.7. The van der Waals surface area contributed by atoms with E-state index in [1.807, 2.05) is 0 Å². The van der Waals surface area contributed by atoms with Gasteiger partial charge in [0.1, 0.15) is 0 Å². The molecule has 1 unspecified atom stereocenters. The van der Waals surface area contributed by atoms with Gasteiger partial charge in [-0.25, -0.2) is 13.6 Å². The highest BCUT2D eigenvalue weighted by molar-refractivity contribution is 7.89. The molecule has 0 fully saturated rings. The summed E-state index contributed by atoms with van der Waals surface area (Å²) in [6, 6.07) is 0. The zero-order valence-corrected chi connectivity index (χ0v) is 6.93. The van der Waals surface area contributed by atoms with Crippen LogP contribution in [0.3, 0.4) is 0 Å². The van der Waals surface area contributed by atoms with Crippen LogP contribution >= 0.6 is 0 Å². The van der Waals surface area contributed by atoms with Gasteiger partial charge in [-0.05, 0) is 5.92 Å². The van der Waals surface area contributed by atoms with E-state index in [1.165, 1.54) is 0 Å². The van der Waals surface area contributed by atoms with E-state index >= 15 is 0 Å². The topological polar surface area (TPSA) is 80.4 Å². The number of nitrogens with two attached hydrogens (primary N) is 1. The highest BCUT2D eigenvalue weighted by Crippen LogP contribution is 2.01. The van der Waals surface area contributed by atoms with Crippen molar-refractivity contribution >= 4 is 10.0 Å². The number of sulfonamides is 1. The van der Waals surface area contributed by atoms with Gasteiger partial charge in [-0.1, -0.05) is 13.8 Å². The minimum atomic E-state index is -3.52. The van der Waals surface area contributed by atoms with Crippen LogP contribution in [-0.4, -0.2) is 25.4 Å². The fourth-order valence-electron chi connectivity index (χ4n) is 0.430. The Morgan fingerprint density at radius 3 is 2.00 bits per heavy atom. The molecule has 0 bridgehead atoms. The van der Waals surface area contributed by atoms with E-state index < -0.39 is 16.1 Å². The molecule has 62 valence electrons. The highest BCUT2D eigenvalue weighted by atomic mass is 32.2. The Balaban J connectivity index is 3.93. The molecule has 3 N–H and O–H groups in total. The van der Waals surface area contributed by atoms with Gasteiger partial charge in [-0.2, -0.15) is 0 Å². The zero-order chi connectivity index (χ0) is 8.36. The molecule has 0 spiro atoms. The molecule has 0 saturated heterocycles. The molecular weight excluding hydrogens is 154 g/mol. The third kappa shape index (κ3) is 4.72. The average Bonchev–Trinajstić information content (AvgIpc) is 1.60. The average molecular weight is 167 g/mol. The fourth-order valence-corrected chi connectivity index (χ4v) is 1.29. The monoisotopic (exact) mass is 167 g/mol. The van der Waals surface area contributed by atoms with E-state index in [4.69, 9.17) is 5.11 Å². The molecule has 0 heterocycles. The van der Waals surface area contributed by atoms with Gasteiger partial charge < -0.3 is 5.11 Å². The lowest BCUT2D eigenvalue weighted by molar-refractivity contribution is 0.147. The molecule has 4 nitrogen and oxygen atoms in total. The smallest absolute Gasteiger partial charge is 0.211 e. The maximum atomic E-state index is 10.4. The molecule has 1 atom stereocenters. The van der Waals surface area contributed by atoms with Gasteiger partial charge in [-0.3, -0.25) is 0 Å². The van der Waals surface area contributed by atoms with E-state index in [1.54, 1.807) is 13.8 Å². The molecule has 0 aromatic heterocycles. The van der Waals surface area contributed by atoms with Crippen LogP contribution in [0.15, 0.2) is 0 Å². The zero-order valence-electron chi connectivity index (χ0n) is 6.11. The molecular formula is C5H13NO3S. The lowest BCUT2D eigenvalue weighted by Crippen LogP contribution is -2.29. The van der Waals surface area contributed by atoms with Crippen molar-refractivity contribution in [3.63, 3.8) is 0 Å². The van der Waals surface area contributed by atoms with E-state index in [9.17, 15) is 8.42 Å². The molecule has 0 rings (SSSR count). The maximum Gasteiger partial charge on any atom is 0.211 e. The van der Waals surface area contributed by atoms with Gasteiger partial charge in [0.05, 0.1) is 11.9 Å². The molecule has 0 aromatic rings. The van der Waals surface area contributed by atoms with E-state index in [0.29, 0.717) is 0 Å². The molecule has 0 aromatic carbocycles. The maximum absolute atomic E-state index is 10.4. The number of primary sulfonamides is 1. The third-order valence-corrected chi connectivity index (χ3v) is 1.98. The number of aliphatic hydroxyl groups is 1. The van der Waals surface area contributed by atoms with Crippen LogP contribution in [-0.2, 0) is 10.0 Å². The standard InChI is InChI=1S/C5H13NO3S/c1-4(2)5(7)3-10(6,8)9/h4-5,7H,3H2,1-2H3,(H2,6,8,9).